The molecule has 0 fully saturated rings. The van der Waals surface area contributed by atoms with E-state index in [-0.39, 0.29) is 0 Å². The Balaban J connectivity index is 2.14. The van der Waals surface area contributed by atoms with Gasteiger partial charge in [-0.3, -0.25) is 0 Å². The maximum atomic E-state index is 5.58. The fourth-order valence-corrected chi connectivity index (χ4v) is 2.37. The minimum Gasteiger partial charge on any atom is -0.330 e. The molecule has 15 heavy (non-hydrogen) atoms. The van der Waals surface area contributed by atoms with Gasteiger partial charge in [0, 0.05) is 36.8 Å². The SMILES string of the molecule is CCc1nccn1Cc1csc(CN)c1. The Kier molecular flexibility index (Phi) is 3.18. The van der Waals surface area contributed by atoms with Crippen LogP contribution in [0.5, 0.6) is 0 Å². The van der Waals surface area contributed by atoms with E-state index >= 15 is 0 Å². The van der Waals surface area contributed by atoms with Crippen LogP contribution in [-0.2, 0) is 19.5 Å². The van der Waals surface area contributed by atoms with Gasteiger partial charge in [0.1, 0.15) is 5.82 Å². The Morgan fingerprint density at radius 2 is 2.40 bits per heavy atom. The van der Waals surface area contributed by atoms with Crippen molar-refractivity contribution < 1.29 is 0 Å². The van der Waals surface area contributed by atoms with Gasteiger partial charge < -0.3 is 10.3 Å². The third kappa shape index (κ3) is 2.27. The molecule has 0 spiro atoms. The highest BCUT2D eigenvalue weighted by atomic mass is 32.1. The third-order valence-electron chi connectivity index (χ3n) is 2.38. The number of aromatic nitrogens is 2. The molecule has 4 heteroatoms. The van der Waals surface area contributed by atoms with E-state index in [9.17, 15) is 0 Å². The fraction of sp³-hybridized carbons (Fsp3) is 0.364. The third-order valence-corrected chi connectivity index (χ3v) is 3.39. The van der Waals surface area contributed by atoms with Crippen molar-refractivity contribution in [2.24, 2.45) is 5.73 Å². The molecular formula is C11H15N3S. The van der Waals surface area contributed by atoms with E-state index in [0.717, 1.165) is 18.8 Å². The minimum atomic E-state index is 0.634. The van der Waals surface area contributed by atoms with Crippen LogP contribution < -0.4 is 5.73 Å². The average molecular weight is 221 g/mol. The van der Waals surface area contributed by atoms with Gasteiger partial charge in [-0.25, -0.2) is 4.98 Å². The largest absolute Gasteiger partial charge is 0.330 e. The average Bonchev–Trinajstić information content (AvgIpc) is 2.87. The van der Waals surface area contributed by atoms with Crippen molar-refractivity contribution in [3.05, 3.63) is 40.1 Å². The number of nitrogens with zero attached hydrogens (tertiary/aromatic N) is 2. The van der Waals surface area contributed by atoms with Crippen LogP contribution in [0.25, 0.3) is 0 Å². The summed E-state index contributed by atoms with van der Waals surface area (Å²) in [6.45, 7) is 3.66. The zero-order chi connectivity index (χ0) is 10.7. The first-order valence-electron chi connectivity index (χ1n) is 5.10. The summed E-state index contributed by atoms with van der Waals surface area (Å²) in [5, 5.41) is 2.17. The molecule has 2 rings (SSSR count). The Morgan fingerprint density at radius 1 is 1.53 bits per heavy atom. The monoisotopic (exact) mass is 221 g/mol. The van der Waals surface area contributed by atoms with Gasteiger partial charge >= 0.3 is 0 Å². The van der Waals surface area contributed by atoms with E-state index in [2.05, 4.69) is 27.9 Å². The summed E-state index contributed by atoms with van der Waals surface area (Å²) in [6.07, 6.45) is 4.86. The first kappa shape index (κ1) is 10.4. The summed E-state index contributed by atoms with van der Waals surface area (Å²) in [5.74, 6) is 1.13. The van der Waals surface area contributed by atoms with Gasteiger partial charge in [-0.15, -0.1) is 11.3 Å². The van der Waals surface area contributed by atoms with Crippen LogP contribution in [0.4, 0.5) is 0 Å². The lowest BCUT2D eigenvalue weighted by molar-refractivity contribution is 0.733. The van der Waals surface area contributed by atoms with Crippen LogP contribution in [-0.4, -0.2) is 9.55 Å². The first-order valence-corrected chi connectivity index (χ1v) is 5.97. The predicted octanol–water partition coefficient (Wildman–Crippen LogP) is 2.01. The molecule has 0 bridgehead atoms. The second-order valence-electron chi connectivity index (χ2n) is 3.45. The summed E-state index contributed by atoms with van der Waals surface area (Å²) >= 11 is 1.73. The maximum absolute atomic E-state index is 5.58. The number of nitrogens with two attached hydrogens (primary N) is 1. The van der Waals surface area contributed by atoms with E-state index in [1.807, 2.05) is 12.4 Å². The zero-order valence-electron chi connectivity index (χ0n) is 8.81. The Morgan fingerprint density at radius 3 is 3.07 bits per heavy atom. The van der Waals surface area contributed by atoms with E-state index in [0.29, 0.717) is 6.54 Å². The lowest BCUT2D eigenvalue weighted by Gasteiger charge is -2.03. The van der Waals surface area contributed by atoms with Crippen molar-refractivity contribution in [1.82, 2.24) is 9.55 Å². The van der Waals surface area contributed by atoms with Crippen LogP contribution >= 0.6 is 11.3 Å². The summed E-state index contributed by atoms with van der Waals surface area (Å²) in [7, 11) is 0. The molecule has 3 nitrogen and oxygen atoms in total. The van der Waals surface area contributed by atoms with E-state index in [1.165, 1.54) is 10.4 Å². The van der Waals surface area contributed by atoms with Crippen molar-refractivity contribution in [2.45, 2.75) is 26.4 Å². The van der Waals surface area contributed by atoms with Crippen molar-refractivity contribution in [3.63, 3.8) is 0 Å². The minimum absolute atomic E-state index is 0.634. The van der Waals surface area contributed by atoms with Crippen molar-refractivity contribution >= 4 is 11.3 Å². The summed E-state index contributed by atoms with van der Waals surface area (Å²) in [6, 6.07) is 2.17. The lowest BCUT2D eigenvalue weighted by Crippen LogP contribution is -2.02. The molecule has 2 heterocycles. The fourth-order valence-electron chi connectivity index (χ4n) is 1.61. The predicted molar refractivity (Wildman–Crippen MR) is 62.9 cm³/mol. The molecule has 0 amide bonds. The van der Waals surface area contributed by atoms with Crippen molar-refractivity contribution in [3.8, 4) is 0 Å². The van der Waals surface area contributed by atoms with Crippen LogP contribution in [0, 0.1) is 0 Å². The number of rotatable bonds is 4. The van der Waals surface area contributed by atoms with Gasteiger partial charge in [0.15, 0.2) is 0 Å². The van der Waals surface area contributed by atoms with Gasteiger partial charge in [0.05, 0.1) is 0 Å². The summed E-state index contributed by atoms with van der Waals surface area (Å²) in [5.41, 5.74) is 6.90. The molecule has 0 aliphatic carbocycles. The number of hydrogen-bond donors (Lipinski definition) is 1. The normalized spacial score (nSPS) is 10.8. The molecule has 0 unspecified atom stereocenters. The second-order valence-corrected chi connectivity index (χ2v) is 4.45. The highest BCUT2D eigenvalue weighted by Crippen LogP contribution is 2.15. The van der Waals surface area contributed by atoms with Crippen LogP contribution in [0.15, 0.2) is 23.8 Å². The molecular weight excluding hydrogens is 206 g/mol. The topological polar surface area (TPSA) is 43.8 Å². The number of hydrogen-bond acceptors (Lipinski definition) is 3. The van der Waals surface area contributed by atoms with Crippen LogP contribution in [0.1, 0.15) is 23.2 Å². The smallest absolute Gasteiger partial charge is 0.108 e. The quantitative estimate of drug-likeness (QED) is 0.858. The standard InChI is InChI=1S/C11H15N3S/c1-2-11-13-3-4-14(11)7-9-5-10(6-12)15-8-9/h3-5,8H,2,6-7,12H2,1H3. The Labute approximate surface area is 93.6 Å². The molecule has 2 aromatic heterocycles. The van der Waals surface area contributed by atoms with Gasteiger partial charge in [0.25, 0.3) is 0 Å². The number of imidazole rings is 1. The highest BCUT2D eigenvalue weighted by Gasteiger charge is 2.03. The van der Waals surface area contributed by atoms with Crippen molar-refractivity contribution in [2.75, 3.05) is 0 Å². The van der Waals surface area contributed by atoms with E-state index < -0.39 is 0 Å². The molecule has 0 radical (unpaired) electrons. The molecule has 80 valence electrons. The molecule has 0 saturated carbocycles. The molecule has 0 saturated heterocycles. The molecule has 2 aromatic rings. The zero-order valence-corrected chi connectivity index (χ0v) is 9.63. The summed E-state index contributed by atoms with van der Waals surface area (Å²) < 4.78 is 2.18. The number of thiophene rings is 1. The van der Waals surface area contributed by atoms with Crippen molar-refractivity contribution in [1.29, 1.82) is 0 Å². The maximum Gasteiger partial charge on any atom is 0.108 e. The number of aryl methyl sites for hydroxylation is 1. The second kappa shape index (κ2) is 4.59. The lowest BCUT2D eigenvalue weighted by atomic mass is 10.3. The Hall–Kier alpha value is -1.13. The molecule has 0 aromatic carbocycles. The Bertz CT molecular complexity index is 430. The van der Waals surface area contributed by atoms with E-state index in [1.54, 1.807) is 11.3 Å². The van der Waals surface area contributed by atoms with Crippen LogP contribution in [0.3, 0.4) is 0 Å². The van der Waals surface area contributed by atoms with Gasteiger partial charge in [0.2, 0.25) is 0 Å². The molecule has 0 aliphatic heterocycles. The summed E-state index contributed by atoms with van der Waals surface area (Å²) in [4.78, 5) is 5.54. The molecule has 0 atom stereocenters. The first-order chi connectivity index (χ1) is 7.33. The van der Waals surface area contributed by atoms with Crippen LogP contribution in [0.2, 0.25) is 0 Å². The molecule has 0 aliphatic rings. The van der Waals surface area contributed by atoms with Gasteiger partial charge in [-0.1, -0.05) is 6.92 Å². The van der Waals surface area contributed by atoms with Gasteiger partial charge in [-0.05, 0) is 17.0 Å². The highest BCUT2D eigenvalue weighted by molar-refractivity contribution is 7.10. The van der Waals surface area contributed by atoms with Gasteiger partial charge in [-0.2, -0.15) is 0 Å². The molecule has 2 N–H and O–H groups in total. The van der Waals surface area contributed by atoms with E-state index in [4.69, 9.17) is 5.73 Å².